The fraction of sp³-hybridized carbons (Fsp3) is 0.0500. The maximum Gasteiger partial charge on any atom is 0.261 e. The quantitative estimate of drug-likeness (QED) is 0.567. The molecule has 0 heterocycles. The molecule has 144 valence electrons. The smallest absolute Gasteiger partial charge is 0.261 e. The largest absolute Gasteiger partial charge is 0.322 e. The molecule has 0 atom stereocenters. The molecule has 0 aromatic heterocycles. The number of nitrogens with one attached hydrogen (secondary N) is 2. The van der Waals surface area contributed by atoms with Crippen molar-refractivity contribution in [1.29, 1.82) is 0 Å². The molecule has 0 aliphatic heterocycles. The zero-order chi connectivity index (χ0) is 20.3. The van der Waals surface area contributed by atoms with E-state index in [2.05, 4.69) is 10.0 Å². The van der Waals surface area contributed by atoms with E-state index in [-0.39, 0.29) is 21.2 Å². The van der Waals surface area contributed by atoms with E-state index in [0.717, 1.165) is 5.56 Å². The van der Waals surface area contributed by atoms with Crippen molar-refractivity contribution in [3.63, 3.8) is 0 Å². The number of carbonyl (C=O) groups excluding carboxylic acids is 1. The normalized spacial score (nSPS) is 11.1. The topological polar surface area (TPSA) is 75.3 Å². The summed E-state index contributed by atoms with van der Waals surface area (Å²) in [5.41, 5.74) is 1.86. The maximum absolute atomic E-state index is 12.5. The van der Waals surface area contributed by atoms with Crippen molar-refractivity contribution in [2.24, 2.45) is 0 Å². The third-order valence-electron chi connectivity index (χ3n) is 3.90. The second-order valence-corrected chi connectivity index (χ2v) is 8.60. The minimum atomic E-state index is -3.79. The van der Waals surface area contributed by atoms with E-state index < -0.39 is 15.9 Å². The minimum absolute atomic E-state index is 0.125. The molecule has 0 fully saturated rings. The Labute approximate surface area is 173 Å². The molecule has 0 spiro atoms. The number of anilines is 2. The van der Waals surface area contributed by atoms with Crippen molar-refractivity contribution in [3.05, 3.63) is 87.9 Å². The summed E-state index contributed by atoms with van der Waals surface area (Å²) in [4.78, 5) is 12.7. The van der Waals surface area contributed by atoms with E-state index >= 15 is 0 Å². The maximum atomic E-state index is 12.5. The molecule has 0 aliphatic carbocycles. The zero-order valence-corrected chi connectivity index (χ0v) is 17.1. The fourth-order valence-electron chi connectivity index (χ4n) is 2.43. The summed E-state index contributed by atoms with van der Waals surface area (Å²) in [7, 11) is -3.79. The molecule has 0 saturated carbocycles. The number of amides is 1. The van der Waals surface area contributed by atoms with Gasteiger partial charge in [0.2, 0.25) is 0 Å². The van der Waals surface area contributed by atoms with Gasteiger partial charge in [0.1, 0.15) is 0 Å². The van der Waals surface area contributed by atoms with Gasteiger partial charge in [0.05, 0.1) is 15.5 Å². The van der Waals surface area contributed by atoms with Gasteiger partial charge in [-0.05, 0) is 61.5 Å². The van der Waals surface area contributed by atoms with Crippen LogP contribution >= 0.6 is 23.2 Å². The Kier molecular flexibility index (Phi) is 5.93. The standard InChI is InChI=1S/C20H16Cl2N2O3S/c1-13-2-9-17(10-3-13)28(26,27)24-16-8-11-19(22)18(12-16)20(25)23-15-6-4-14(21)5-7-15/h2-12,24H,1H3,(H,23,25). The van der Waals surface area contributed by atoms with Crippen LogP contribution in [-0.2, 0) is 10.0 Å². The predicted molar refractivity (Wildman–Crippen MR) is 113 cm³/mol. The Morgan fingerprint density at radius 3 is 2.11 bits per heavy atom. The molecule has 5 nitrogen and oxygen atoms in total. The van der Waals surface area contributed by atoms with Crippen molar-refractivity contribution in [1.82, 2.24) is 0 Å². The first-order valence-electron chi connectivity index (χ1n) is 8.20. The van der Waals surface area contributed by atoms with Crippen LogP contribution in [0.4, 0.5) is 11.4 Å². The Balaban J connectivity index is 1.83. The highest BCUT2D eigenvalue weighted by Crippen LogP contribution is 2.24. The number of halogens is 2. The minimum Gasteiger partial charge on any atom is -0.322 e. The molecule has 0 saturated heterocycles. The van der Waals surface area contributed by atoms with E-state index in [9.17, 15) is 13.2 Å². The lowest BCUT2D eigenvalue weighted by molar-refractivity contribution is 0.102. The van der Waals surface area contributed by atoms with Gasteiger partial charge < -0.3 is 5.32 Å². The second-order valence-electron chi connectivity index (χ2n) is 6.07. The van der Waals surface area contributed by atoms with Gasteiger partial charge in [0, 0.05) is 16.4 Å². The van der Waals surface area contributed by atoms with Gasteiger partial charge in [-0.3, -0.25) is 9.52 Å². The van der Waals surface area contributed by atoms with Gasteiger partial charge in [-0.25, -0.2) is 8.42 Å². The molecule has 0 aliphatic rings. The van der Waals surface area contributed by atoms with Gasteiger partial charge in [0.25, 0.3) is 15.9 Å². The van der Waals surface area contributed by atoms with E-state index in [1.807, 2.05) is 6.92 Å². The van der Waals surface area contributed by atoms with Crippen LogP contribution in [-0.4, -0.2) is 14.3 Å². The molecule has 3 rings (SSSR count). The summed E-state index contributed by atoms with van der Waals surface area (Å²) in [5.74, 6) is -0.469. The Morgan fingerprint density at radius 2 is 1.46 bits per heavy atom. The highest BCUT2D eigenvalue weighted by atomic mass is 35.5. The number of aryl methyl sites for hydroxylation is 1. The third kappa shape index (κ3) is 4.84. The first kappa shape index (κ1) is 20.2. The van der Waals surface area contributed by atoms with Crippen LogP contribution in [0.5, 0.6) is 0 Å². The number of benzene rings is 3. The summed E-state index contributed by atoms with van der Waals surface area (Å²) >= 11 is 12.0. The fourth-order valence-corrected chi connectivity index (χ4v) is 3.80. The summed E-state index contributed by atoms with van der Waals surface area (Å²) in [6, 6.07) is 17.4. The lowest BCUT2D eigenvalue weighted by Gasteiger charge is -2.11. The van der Waals surface area contributed by atoms with Crippen LogP contribution in [0.1, 0.15) is 15.9 Å². The van der Waals surface area contributed by atoms with Crippen molar-refractivity contribution in [3.8, 4) is 0 Å². The Morgan fingerprint density at radius 1 is 0.857 bits per heavy atom. The number of hydrogen-bond acceptors (Lipinski definition) is 3. The molecule has 3 aromatic carbocycles. The van der Waals surface area contributed by atoms with Gasteiger partial charge in [-0.2, -0.15) is 0 Å². The molecule has 28 heavy (non-hydrogen) atoms. The van der Waals surface area contributed by atoms with Crippen LogP contribution < -0.4 is 10.0 Å². The van der Waals surface area contributed by atoms with Gasteiger partial charge >= 0.3 is 0 Å². The first-order valence-corrected chi connectivity index (χ1v) is 10.4. The van der Waals surface area contributed by atoms with Crippen LogP contribution in [0.15, 0.2) is 71.6 Å². The number of rotatable bonds is 5. The molecule has 8 heteroatoms. The summed E-state index contributed by atoms with van der Waals surface area (Å²) < 4.78 is 27.6. The van der Waals surface area contributed by atoms with Crippen molar-refractivity contribution < 1.29 is 13.2 Å². The summed E-state index contributed by atoms with van der Waals surface area (Å²) in [6.45, 7) is 1.87. The van der Waals surface area contributed by atoms with Crippen LogP contribution in [0.25, 0.3) is 0 Å². The Hall–Kier alpha value is -2.54. The molecular formula is C20H16Cl2N2O3S. The van der Waals surface area contributed by atoms with Crippen LogP contribution in [0.2, 0.25) is 10.0 Å². The van der Waals surface area contributed by atoms with Crippen molar-refractivity contribution in [2.45, 2.75) is 11.8 Å². The Bertz CT molecular complexity index is 1110. The average molecular weight is 435 g/mol. The third-order valence-corrected chi connectivity index (χ3v) is 5.88. The van der Waals surface area contributed by atoms with Crippen molar-refractivity contribution >= 4 is 50.5 Å². The van der Waals surface area contributed by atoms with Crippen LogP contribution in [0.3, 0.4) is 0 Å². The number of sulfonamides is 1. The van der Waals surface area contributed by atoms with Gasteiger partial charge in [-0.15, -0.1) is 0 Å². The van der Waals surface area contributed by atoms with E-state index in [0.29, 0.717) is 10.7 Å². The lowest BCUT2D eigenvalue weighted by atomic mass is 10.2. The highest BCUT2D eigenvalue weighted by Gasteiger charge is 2.17. The van der Waals surface area contributed by atoms with E-state index in [1.165, 1.54) is 30.3 Å². The highest BCUT2D eigenvalue weighted by molar-refractivity contribution is 7.92. The molecule has 2 N–H and O–H groups in total. The van der Waals surface area contributed by atoms with Gasteiger partial charge in [0.15, 0.2) is 0 Å². The molecule has 0 radical (unpaired) electrons. The zero-order valence-electron chi connectivity index (χ0n) is 14.7. The first-order chi connectivity index (χ1) is 13.2. The predicted octanol–water partition coefficient (Wildman–Crippen LogP) is 5.35. The lowest BCUT2D eigenvalue weighted by Crippen LogP contribution is -2.15. The molecule has 1 amide bonds. The summed E-state index contributed by atoms with van der Waals surface area (Å²) in [6.07, 6.45) is 0. The summed E-state index contributed by atoms with van der Waals surface area (Å²) in [5, 5.41) is 3.44. The number of hydrogen-bond donors (Lipinski definition) is 2. The average Bonchev–Trinajstić information content (AvgIpc) is 2.65. The molecule has 0 bridgehead atoms. The van der Waals surface area contributed by atoms with Crippen LogP contribution in [0, 0.1) is 6.92 Å². The molecule has 3 aromatic rings. The van der Waals surface area contributed by atoms with E-state index in [1.54, 1.807) is 36.4 Å². The molecular weight excluding hydrogens is 419 g/mol. The second kappa shape index (κ2) is 8.22. The molecule has 0 unspecified atom stereocenters. The van der Waals surface area contributed by atoms with Gasteiger partial charge in [-0.1, -0.05) is 40.9 Å². The monoisotopic (exact) mass is 434 g/mol. The SMILES string of the molecule is Cc1ccc(S(=O)(=O)Nc2ccc(Cl)c(C(=O)Nc3ccc(Cl)cc3)c2)cc1. The van der Waals surface area contributed by atoms with Crippen molar-refractivity contribution in [2.75, 3.05) is 10.0 Å². The number of carbonyl (C=O) groups is 1. The van der Waals surface area contributed by atoms with E-state index in [4.69, 9.17) is 23.2 Å².